The van der Waals surface area contributed by atoms with E-state index in [1.165, 1.54) is 24.3 Å². The summed E-state index contributed by atoms with van der Waals surface area (Å²) in [5.41, 5.74) is 0.358. The van der Waals surface area contributed by atoms with Crippen LogP contribution < -0.4 is 10.6 Å². The van der Waals surface area contributed by atoms with Crippen LogP contribution in [0.3, 0.4) is 0 Å². The Bertz CT molecular complexity index is 1070. The Kier molecular flexibility index (Phi) is 4.46. The van der Waals surface area contributed by atoms with Crippen LogP contribution in [0.1, 0.15) is 0 Å². The van der Waals surface area contributed by atoms with E-state index in [9.17, 15) is 8.78 Å². The van der Waals surface area contributed by atoms with E-state index >= 15 is 0 Å². The summed E-state index contributed by atoms with van der Waals surface area (Å²) < 4.78 is 32.8. The van der Waals surface area contributed by atoms with Crippen LogP contribution in [-0.4, -0.2) is 20.3 Å². The van der Waals surface area contributed by atoms with Crippen molar-refractivity contribution in [2.24, 2.45) is 0 Å². The highest BCUT2D eigenvalue weighted by Crippen LogP contribution is 2.30. The predicted molar refractivity (Wildman–Crippen MR) is 96.8 cm³/mol. The maximum absolute atomic E-state index is 14.1. The molecule has 0 atom stereocenters. The molecule has 2 aromatic heterocycles. The van der Waals surface area contributed by atoms with Gasteiger partial charge in [0.05, 0.1) is 11.4 Å². The van der Waals surface area contributed by atoms with Gasteiger partial charge in [-0.1, -0.05) is 23.2 Å². The molecule has 0 saturated carbocycles. The second kappa shape index (κ2) is 6.93. The van der Waals surface area contributed by atoms with Gasteiger partial charge in [-0.3, -0.25) is 0 Å². The first-order valence-electron chi connectivity index (χ1n) is 7.44. The quantitative estimate of drug-likeness (QED) is 0.486. The van der Waals surface area contributed by atoms with E-state index in [0.717, 1.165) is 12.1 Å². The van der Waals surface area contributed by atoms with Crippen LogP contribution in [0.2, 0.25) is 10.0 Å². The molecule has 0 spiro atoms. The summed E-state index contributed by atoms with van der Waals surface area (Å²) >= 11 is 11.5. The molecule has 2 heterocycles. The molecule has 4 rings (SSSR count). The highest BCUT2D eigenvalue weighted by atomic mass is 35.5. The van der Waals surface area contributed by atoms with Crippen molar-refractivity contribution in [2.75, 3.05) is 10.6 Å². The largest absolute Gasteiger partial charge is 0.335 e. The molecule has 0 bridgehead atoms. The van der Waals surface area contributed by atoms with Crippen molar-refractivity contribution in [3.05, 3.63) is 58.1 Å². The summed E-state index contributed by atoms with van der Waals surface area (Å²) in [7, 11) is 0. The third kappa shape index (κ3) is 3.60. The lowest BCUT2D eigenvalue weighted by molar-refractivity contribution is 0.314. The van der Waals surface area contributed by atoms with Gasteiger partial charge in [-0.25, -0.2) is 23.4 Å². The Morgan fingerprint density at radius 1 is 0.741 bits per heavy atom. The number of halogens is 4. The normalized spacial score (nSPS) is 11.0. The van der Waals surface area contributed by atoms with Gasteiger partial charge in [0.1, 0.15) is 11.6 Å². The average molecular weight is 409 g/mol. The van der Waals surface area contributed by atoms with Crippen LogP contribution >= 0.6 is 23.2 Å². The minimum absolute atomic E-state index is 0.0776. The number of hydrogen-bond donors (Lipinski definition) is 2. The number of nitrogens with zero attached hydrogens (tertiary/aromatic N) is 4. The Hall–Kier alpha value is -3.04. The Morgan fingerprint density at radius 2 is 1.19 bits per heavy atom. The van der Waals surface area contributed by atoms with E-state index < -0.39 is 11.6 Å². The molecule has 0 fully saturated rings. The molecule has 0 aliphatic heterocycles. The molecule has 27 heavy (non-hydrogen) atoms. The molecule has 4 aromatic rings. The van der Waals surface area contributed by atoms with E-state index in [4.69, 9.17) is 23.2 Å². The Labute approximate surface area is 160 Å². The maximum atomic E-state index is 14.1. The van der Waals surface area contributed by atoms with E-state index in [1.807, 2.05) is 0 Å². The number of nitrogens with one attached hydrogen (secondary N) is 2. The summed E-state index contributed by atoms with van der Waals surface area (Å²) in [5.74, 6) is -1.06. The highest BCUT2D eigenvalue weighted by Gasteiger charge is 2.16. The summed E-state index contributed by atoms with van der Waals surface area (Å²) in [5, 5.41) is 13.2. The number of benzene rings is 2. The lowest BCUT2D eigenvalue weighted by Crippen LogP contribution is -2.05. The standard InChI is InChI=1S/C16H8Cl2F2N6O/c17-7-1-3-11(9(19)5-7)21-13-14(24-16-15(23-13)25-27-26-16)22-12-4-2-8(18)6-10(12)20/h1-6H,(H,21,23,25)(H,22,24,26). The van der Waals surface area contributed by atoms with Gasteiger partial charge in [-0.05, 0) is 46.7 Å². The molecule has 0 amide bonds. The molecule has 2 N–H and O–H groups in total. The summed E-state index contributed by atoms with van der Waals surface area (Å²) in [6, 6.07) is 8.14. The number of rotatable bonds is 4. The van der Waals surface area contributed by atoms with Crippen molar-refractivity contribution in [1.29, 1.82) is 0 Å². The van der Waals surface area contributed by atoms with Gasteiger partial charge < -0.3 is 10.6 Å². The molecular weight excluding hydrogens is 401 g/mol. The predicted octanol–water partition coefficient (Wildman–Crippen LogP) is 5.08. The first-order chi connectivity index (χ1) is 13.0. The summed E-state index contributed by atoms with van der Waals surface area (Å²) in [6.45, 7) is 0. The first-order valence-corrected chi connectivity index (χ1v) is 8.19. The minimum Gasteiger partial charge on any atom is -0.335 e. The smallest absolute Gasteiger partial charge is 0.245 e. The second-order valence-corrected chi connectivity index (χ2v) is 6.20. The molecule has 0 radical (unpaired) electrons. The van der Waals surface area contributed by atoms with Gasteiger partial charge >= 0.3 is 0 Å². The van der Waals surface area contributed by atoms with Crippen LogP contribution in [0.5, 0.6) is 0 Å². The number of fused-ring (bicyclic) bond motifs is 1. The maximum Gasteiger partial charge on any atom is 0.245 e. The van der Waals surface area contributed by atoms with Crippen molar-refractivity contribution in [3.63, 3.8) is 0 Å². The molecule has 136 valence electrons. The van der Waals surface area contributed by atoms with Gasteiger partial charge in [0.2, 0.25) is 11.3 Å². The zero-order chi connectivity index (χ0) is 19.0. The molecule has 0 aliphatic rings. The van der Waals surface area contributed by atoms with Gasteiger partial charge in [-0.15, -0.1) is 0 Å². The first kappa shape index (κ1) is 17.4. The molecule has 2 aromatic carbocycles. The molecule has 11 heteroatoms. The van der Waals surface area contributed by atoms with E-state index in [2.05, 4.69) is 35.5 Å². The highest BCUT2D eigenvalue weighted by molar-refractivity contribution is 6.31. The number of aromatic nitrogens is 4. The SMILES string of the molecule is Fc1cc(Cl)ccc1Nc1nc2nonc2nc1Nc1ccc(Cl)cc1F. The molecular formula is C16H8Cl2F2N6O. The third-order valence-corrected chi connectivity index (χ3v) is 3.95. The molecule has 0 saturated heterocycles. The van der Waals surface area contributed by atoms with Crippen LogP contribution in [0.4, 0.5) is 31.8 Å². The van der Waals surface area contributed by atoms with E-state index in [0.29, 0.717) is 0 Å². The van der Waals surface area contributed by atoms with Gasteiger partial charge in [0.25, 0.3) is 0 Å². The van der Waals surface area contributed by atoms with Crippen molar-refractivity contribution < 1.29 is 13.4 Å². The van der Waals surface area contributed by atoms with Crippen LogP contribution in [0.25, 0.3) is 11.3 Å². The topological polar surface area (TPSA) is 88.8 Å². The minimum atomic E-state index is -0.605. The van der Waals surface area contributed by atoms with E-state index in [-0.39, 0.29) is 44.4 Å². The fourth-order valence-corrected chi connectivity index (χ4v) is 2.57. The molecule has 0 aliphatic carbocycles. The average Bonchev–Trinajstić information content (AvgIpc) is 3.07. The van der Waals surface area contributed by atoms with Crippen LogP contribution in [0, 0.1) is 11.6 Å². The Morgan fingerprint density at radius 3 is 1.59 bits per heavy atom. The second-order valence-electron chi connectivity index (χ2n) is 5.33. The lowest BCUT2D eigenvalue weighted by atomic mass is 10.3. The lowest BCUT2D eigenvalue weighted by Gasteiger charge is -2.13. The van der Waals surface area contributed by atoms with Gasteiger partial charge in [0.15, 0.2) is 11.6 Å². The van der Waals surface area contributed by atoms with Crippen molar-refractivity contribution in [2.45, 2.75) is 0 Å². The number of hydrogen-bond acceptors (Lipinski definition) is 7. The summed E-state index contributed by atoms with van der Waals surface area (Å²) in [4.78, 5) is 8.37. The van der Waals surface area contributed by atoms with Crippen molar-refractivity contribution in [1.82, 2.24) is 20.3 Å². The third-order valence-electron chi connectivity index (χ3n) is 3.48. The summed E-state index contributed by atoms with van der Waals surface area (Å²) in [6.07, 6.45) is 0. The fourth-order valence-electron chi connectivity index (χ4n) is 2.25. The van der Waals surface area contributed by atoms with Crippen LogP contribution in [0.15, 0.2) is 41.0 Å². The van der Waals surface area contributed by atoms with Gasteiger partial charge in [-0.2, -0.15) is 0 Å². The zero-order valence-electron chi connectivity index (χ0n) is 13.2. The van der Waals surface area contributed by atoms with Crippen LogP contribution in [-0.2, 0) is 0 Å². The molecule has 7 nitrogen and oxygen atoms in total. The monoisotopic (exact) mass is 408 g/mol. The van der Waals surface area contributed by atoms with E-state index in [1.54, 1.807) is 0 Å². The zero-order valence-corrected chi connectivity index (χ0v) is 14.7. The Balaban J connectivity index is 1.77. The molecule has 0 unspecified atom stereocenters. The fraction of sp³-hybridized carbons (Fsp3) is 0. The van der Waals surface area contributed by atoms with Crippen molar-refractivity contribution in [3.8, 4) is 0 Å². The number of anilines is 4. The van der Waals surface area contributed by atoms with Gasteiger partial charge in [0, 0.05) is 10.0 Å². The van der Waals surface area contributed by atoms with Crippen molar-refractivity contribution >= 4 is 57.5 Å².